The summed E-state index contributed by atoms with van der Waals surface area (Å²) in [6, 6.07) is 3.56. The molecule has 0 aliphatic heterocycles. The number of carbonyl (C=O) groups excluding carboxylic acids is 1. The van der Waals surface area contributed by atoms with Gasteiger partial charge in [0.2, 0.25) is 0 Å². The van der Waals surface area contributed by atoms with Gasteiger partial charge >= 0.3 is 0 Å². The van der Waals surface area contributed by atoms with Crippen LogP contribution in [0.5, 0.6) is 0 Å². The molecule has 0 aliphatic rings. The van der Waals surface area contributed by atoms with Gasteiger partial charge in [0.05, 0.1) is 21.4 Å². The fourth-order valence-corrected chi connectivity index (χ4v) is 2.88. The summed E-state index contributed by atoms with van der Waals surface area (Å²) in [5.41, 5.74) is -0.471. The molecule has 0 spiro atoms. The summed E-state index contributed by atoms with van der Waals surface area (Å²) in [5, 5.41) is 17.1. The molecular formula is C12H14BrN3O2S. The van der Waals surface area contributed by atoms with E-state index in [-0.39, 0.29) is 12.5 Å². The highest BCUT2D eigenvalue weighted by Gasteiger charge is 2.25. The normalized spacial score (nSPS) is 14.1. The summed E-state index contributed by atoms with van der Waals surface area (Å²) in [5.74, 6) is -0.195. The van der Waals surface area contributed by atoms with Gasteiger partial charge in [-0.2, -0.15) is 5.10 Å². The molecule has 2 aromatic rings. The zero-order valence-corrected chi connectivity index (χ0v) is 13.0. The lowest BCUT2D eigenvalue weighted by atomic mass is 10.00. The first-order valence-electron chi connectivity index (χ1n) is 5.63. The number of nitrogens with one attached hydrogen (secondary N) is 1. The van der Waals surface area contributed by atoms with Gasteiger partial charge < -0.3 is 10.4 Å². The molecule has 5 nitrogen and oxygen atoms in total. The van der Waals surface area contributed by atoms with Crippen molar-refractivity contribution in [2.24, 2.45) is 7.05 Å². The van der Waals surface area contributed by atoms with Crippen molar-refractivity contribution in [2.45, 2.75) is 12.5 Å². The second-order valence-corrected chi connectivity index (χ2v) is 6.93. The Morgan fingerprint density at radius 3 is 2.89 bits per heavy atom. The van der Waals surface area contributed by atoms with Gasteiger partial charge in [-0.3, -0.25) is 9.48 Å². The van der Waals surface area contributed by atoms with Crippen molar-refractivity contribution < 1.29 is 9.90 Å². The van der Waals surface area contributed by atoms with E-state index in [1.807, 2.05) is 6.07 Å². The van der Waals surface area contributed by atoms with Crippen LogP contribution >= 0.6 is 27.3 Å². The summed E-state index contributed by atoms with van der Waals surface area (Å²) < 4.78 is 2.51. The average molecular weight is 344 g/mol. The van der Waals surface area contributed by atoms with Crippen LogP contribution in [0.2, 0.25) is 0 Å². The van der Waals surface area contributed by atoms with E-state index in [0.29, 0.717) is 10.4 Å². The Kier molecular flexibility index (Phi) is 4.07. The SMILES string of the molecule is Cn1cc([C@@](C)(O)CNC(=O)c2ccc(Br)s2)cn1. The number of hydrogen-bond acceptors (Lipinski definition) is 4. The third kappa shape index (κ3) is 3.43. The quantitative estimate of drug-likeness (QED) is 0.890. The standard InChI is InChI=1S/C12H14BrN3O2S/c1-12(18,8-5-15-16(2)6-8)7-14-11(17)9-3-4-10(13)19-9/h3-6,18H,7H2,1-2H3,(H,14,17)/t12-/m0/s1. The van der Waals surface area contributed by atoms with Gasteiger partial charge in [-0.25, -0.2) is 0 Å². The number of thiophene rings is 1. The fraction of sp³-hybridized carbons (Fsp3) is 0.333. The Labute approximate surface area is 123 Å². The topological polar surface area (TPSA) is 67.2 Å². The first-order chi connectivity index (χ1) is 8.88. The van der Waals surface area contributed by atoms with Crippen molar-refractivity contribution in [1.82, 2.24) is 15.1 Å². The molecule has 1 atom stereocenters. The molecular weight excluding hydrogens is 330 g/mol. The molecule has 2 rings (SSSR count). The Bertz CT molecular complexity index is 591. The van der Waals surface area contributed by atoms with Crippen molar-refractivity contribution in [3.05, 3.63) is 38.8 Å². The van der Waals surface area contributed by atoms with Gasteiger partial charge in [0.1, 0.15) is 5.60 Å². The molecule has 7 heteroatoms. The highest BCUT2D eigenvalue weighted by atomic mass is 79.9. The molecule has 2 heterocycles. The van der Waals surface area contributed by atoms with E-state index in [9.17, 15) is 9.90 Å². The van der Waals surface area contributed by atoms with E-state index in [1.165, 1.54) is 11.3 Å². The molecule has 1 amide bonds. The van der Waals surface area contributed by atoms with E-state index >= 15 is 0 Å². The first-order valence-corrected chi connectivity index (χ1v) is 7.24. The summed E-state index contributed by atoms with van der Waals surface area (Å²) in [6.45, 7) is 1.78. The third-order valence-electron chi connectivity index (χ3n) is 2.72. The van der Waals surface area contributed by atoms with Crippen molar-refractivity contribution in [1.29, 1.82) is 0 Å². The highest BCUT2D eigenvalue weighted by Crippen LogP contribution is 2.23. The molecule has 0 aromatic carbocycles. The van der Waals surface area contributed by atoms with Gasteiger partial charge in [-0.15, -0.1) is 11.3 Å². The van der Waals surface area contributed by atoms with Crippen LogP contribution in [0.4, 0.5) is 0 Å². The van der Waals surface area contributed by atoms with Crippen LogP contribution in [0.15, 0.2) is 28.3 Å². The van der Waals surface area contributed by atoms with Crippen LogP contribution in [-0.4, -0.2) is 27.3 Å². The van der Waals surface area contributed by atoms with E-state index in [4.69, 9.17) is 0 Å². The smallest absolute Gasteiger partial charge is 0.261 e. The number of hydrogen-bond donors (Lipinski definition) is 2. The zero-order valence-electron chi connectivity index (χ0n) is 10.6. The largest absolute Gasteiger partial charge is 0.383 e. The maximum Gasteiger partial charge on any atom is 0.261 e. The lowest BCUT2D eigenvalue weighted by Crippen LogP contribution is -2.38. The van der Waals surface area contributed by atoms with Crippen LogP contribution in [0.25, 0.3) is 0 Å². The van der Waals surface area contributed by atoms with Crippen LogP contribution in [-0.2, 0) is 12.6 Å². The summed E-state index contributed by atoms with van der Waals surface area (Å²) in [7, 11) is 1.78. The van der Waals surface area contributed by atoms with Crippen molar-refractivity contribution >= 4 is 33.2 Å². The van der Waals surface area contributed by atoms with Crippen molar-refractivity contribution in [3.63, 3.8) is 0 Å². The fourth-order valence-electron chi connectivity index (χ4n) is 1.58. The Hall–Kier alpha value is -1.18. The first kappa shape index (κ1) is 14.2. The number of halogens is 1. The van der Waals surface area contributed by atoms with Gasteiger partial charge in [0, 0.05) is 18.8 Å². The minimum Gasteiger partial charge on any atom is -0.383 e. The monoisotopic (exact) mass is 343 g/mol. The molecule has 2 N–H and O–H groups in total. The summed E-state index contributed by atoms with van der Waals surface area (Å²) >= 11 is 4.66. The molecule has 2 aromatic heterocycles. The Morgan fingerprint density at radius 1 is 1.63 bits per heavy atom. The molecule has 0 aliphatic carbocycles. The van der Waals surface area contributed by atoms with Crippen molar-refractivity contribution in [3.8, 4) is 0 Å². The molecule has 0 radical (unpaired) electrons. The van der Waals surface area contributed by atoms with Crippen LogP contribution in [0, 0.1) is 0 Å². The second kappa shape index (κ2) is 5.44. The maximum atomic E-state index is 11.9. The average Bonchev–Trinajstić information content (AvgIpc) is 2.95. The Morgan fingerprint density at radius 2 is 2.37 bits per heavy atom. The number of amides is 1. The van der Waals surface area contributed by atoms with Gasteiger partial charge in [0.25, 0.3) is 5.91 Å². The van der Waals surface area contributed by atoms with E-state index < -0.39 is 5.60 Å². The van der Waals surface area contributed by atoms with Crippen LogP contribution in [0.1, 0.15) is 22.2 Å². The van der Waals surface area contributed by atoms with Crippen LogP contribution in [0.3, 0.4) is 0 Å². The molecule has 102 valence electrons. The lowest BCUT2D eigenvalue weighted by Gasteiger charge is -2.22. The van der Waals surface area contributed by atoms with Gasteiger partial charge in [-0.05, 0) is 35.0 Å². The third-order valence-corrected chi connectivity index (χ3v) is 4.34. The van der Waals surface area contributed by atoms with E-state index in [1.54, 1.807) is 37.1 Å². The predicted molar refractivity (Wildman–Crippen MR) is 77.1 cm³/mol. The van der Waals surface area contributed by atoms with Crippen LogP contribution < -0.4 is 5.32 Å². The molecule has 19 heavy (non-hydrogen) atoms. The van der Waals surface area contributed by atoms with E-state index in [2.05, 4.69) is 26.3 Å². The minimum absolute atomic E-state index is 0.132. The zero-order chi connectivity index (χ0) is 14.0. The van der Waals surface area contributed by atoms with Gasteiger partial charge in [-0.1, -0.05) is 0 Å². The molecule has 0 saturated heterocycles. The molecule has 0 fully saturated rings. The lowest BCUT2D eigenvalue weighted by molar-refractivity contribution is 0.0527. The number of rotatable bonds is 4. The number of aryl methyl sites for hydroxylation is 1. The molecule has 0 bridgehead atoms. The Balaban J connectivity index is 2.00. The number of aliphatic hydroxyl groups is 1. The number of aromatic nitrogens is 2. The predicted octanol–water partition coefficient (Wildman–Crippen LogP) is 1.88. The molecule has 0 saturated carbocycles. The maximum absolute atomic E-state index is 11.9. The minimum atomic E-state index is -1.14. The molecule has 0 unspecified atom stereocenters. The number of nitrogens with zero attached hydrogens (tertiary/aromatic N) is 2. The number of carbonyl (C=O) groups is 1. The van der Waals surface area contributed by atoms with Gasteiger partial charge in [0.15, 0.2) is 0 Å². The van der Waals surface area contributed by atoms with E-state index in [0.717, 1.165) is 3.79 Å². The highest BCUT2D eigenvalue weighted by molar-refractivity contribution is 9.11. The summed E-state index contributed by atoms with van der Waals surface area (Å²) in [6.07, 6.45) is 3.32. The van der Waals surface area contributed by atoms with Crippen molar-refractivity contribution in [2.75, 3.05) is 6.54 Å². The second-order valence-electron chi connectivity index (χ2n) is 4.46. The summed E-state index contributed by atoms with van der Waals surface area (Å²) in [4.78, 5) is 12.5.